The Morgan fingerprint density at radius 2 is 2.20 bits per heavy atom. The molecule has 0 aliphatic carbocycles. The largest absolute Gasteiger partial charge is 0.377 e. The van der Waals surface area contributed by atoms with Gasteiger partial charge in [0.05, 0.1) is 24.9 Å². The van der Waals surface area contributed by atoms with Gasteiger partial charge in [0.15, 0.2) is 7.28 Å². The third kappa shape index (κ3) is 1.62. The first-order valence-electron chi connectivity index (χ1n) is 7.07. The molecule has 1 aromatic heterocycles. The van der Waals surface area contributed by atoms with Gasteiger partial charge in [0, 0.05) is 36.6 Å². The van der Waals surface area contributed by atoms with Gasteiger partial charge in [-0.15, -0.1) is 0 Å². The van der Waals surface area contributed by atoms with Gasteiger partial charge >= 0.3 is 0 Å². The fourth-order valence-corrected chi connectivity index (χ4v) is 3.08. The molecule has 0 atom stereocenters. The van der Waals surface area contributed by atoms with Crippen LogP contribution in [0, 0.1) is 0 Å². The lowest BCUT2D eigenvalue weighted by Crippen LogP contribution is -2.30. The predicted molar refractivity (Wildman–Crippen MR) is 80.9 cm³/mol. The van der Waals surface area contributed by atoms with E-state index < -0.39 is 0 Å². The smallest absolute Gasteiger partial charge is 0.151 e. The van der Waals surface area contributed by atoms with Crippen molar-refractivity contribution < 1.29 is 4.74 Å². The van der Waals surface area contributed by atoms with Crippen molar-refractivity contribution >= 4 is 18.4 Å². The number of rotatable bonds is 2. The van der Waals surface area contributed by atoms with E-state index in [1.807, 2.05) is 0 Å². The highest BCUT2D eigenvalue weighted by Crippen LogP contribution is 2.37. The van der Waals surface area contributed by atoms with Crippen molar-refractivity contribution in [3.63, 3.8) is 0 Å². The van der Waals surface area contributed by atoms with Gasteiger partial charge in [0.25, 0.3) is 0 Å². The average molecular weight is 266 g/mol. The van der Waals surface area contributed by atoms with E-state index in [0.29, 0.717) is 6.04 Å². The monoisotopic (exact) mass is 266 g/mol. The van der Waals surface area contributed by atoms with Gasteiger partial charge < -0.3 is 9.64 Å². The number of hydrogen-bond donors (Lipinski definition) is 0. The summed E-state index contributed by atoms with van der Waals surface area (Å²) in [5.41, 5.74) is 6.24. The van der Waals surface area contributed by atoms with E-state index in [0.717, 1.165) is 25.5 Å². The molecule has 2 aromatic rings. The Labute approximate surface area is 119 Å². The number of para-hydroxylation sites is 1. The van der Waals surface area contributed by atoms with Crippen LogP contribution in [0.3, 0.4) is 0 Å². The van der Waals surface area contributed by atoms with Crippen LogP contribution in [0.5, 0.6) is 0 Å². The van der Waals surface area contributed by atoms with Gasteiger partial charge in [0.2, 0.25) is 0 Å². The third-order valence-electron chi connectivity index (χ3n) is 4.22. The third-order valence-corrected chi connectivity index (χ3v) is 4.22. The van der Waals surface area contributed by atoms with Crippen LogP contribution in [-0.4, -0.2) is 37.3 Å². The van der Waals surface area contributed by atoms with Gasteiger partial charge in [-0.05, 0) is 0 Å². The summed E-state index contributed by atoms with van der Waals surface area (Å²) in [5.74, 6) is 0. The molecule has 2 aliphatic heterocycles. The topological polar surface area (TPSA) is 30.3 Å². The molecule has 0 N–H and O–H groups in total. The normalized spacial score (nSPS) is 17.4. The SMILES string of the molecule is C[B]c1cccc2c1N(C)Cc1cn(C3COC3)nc1-2. The lowest BCUT2D eigenvalue weighted by Gasteiger charge is -2.29. The number of benzene rings is 1. The van der Waals surface area contributed by atoms with Crippen molar-refractivity contribution in [2.24, 2.45) is 0 Å². The second-order valence-electron chi connectivity index (χ2n) is 5.56. The van der Waals surface area contributed by atoms with E-state index in [1.54, 1.807) is 0 Å². The molecule has 0 bridgehead atoms. The summed E-state index contributed by atoms with van der Waals surface area (Å²) in [6.07, 6.45) is 2.18. The predicted octanol–water partition coefficient (Wildman–Crippen LogP) is 1.45. The number of anilines is 1. The van der Waals surface area contributed by atoms with Gasteiger partial charge in [-0.2, -0.15) is 5.10 Å². The first-order valence-corrected chi connectivity index (χ1v) is 7.07. The van der Waals surface area contributed by atoms with E-state index in [2.05, 4.69) is 55.1 Å². The molecule has 5 heteroatoms. The van der Waals surface area contributed by atoms with E-state index in [4.69, 9.17) is 9.84 Å². The lowest BCUT2D eigenvalue weighted by atomic mass is 9.70. The minimum atomic E-state index is 0.412. The van der Waals surface area contributed by atoms with Gasteiger partial charge in [-0.25, -0.2) is 0 Å². The Kier molecular flexibility index (Phi) is 2.64. The molecule has 1 fully saturated rings. The van der Waals surface area contributed by atoms with Crippen LogP contribution in [0.1, 0.15) is 11.6 Å². The number of hydrogen-bond acceptors (Lipinski definition) is 3. The maximum Gasteiger partial charge on any atom is 0.151 e. The van der Waals surface area contributed by atoms with Crippen molar-refractivity contribution in [2.75, 3.05) is 25.2 Å². The Hall–Kier alpha value is -1.75. The Morgan fingerprint density at radius 1 is 1.35 bits per heavy atom. The molecule has 0 spiro atoms. The highest BCUT2D eigenvalue weighted by atomic mass is 16.5. The van der Waals surface area contributed by atoms with Crippen LogP contribution >= 0.6 is 0 Å². The van der Waals surface area contributed by atoms with Crippen LogP contribution in [0.4, 0.5) is 5.69 Å². The quantitative estimate of drug-likeness (QED) is 0.771. The van der Waals surface area contributed by atoms with Crippen LogP contribution in [0.2, 0.25) is 6.82 Å². The molecule has 4 rings (SSSR count). The van der Waals surface area contributed by atoms with Crippen LogP contribution in [-0.2, 0) is 11.3 Å². The highest BCUT2D eigenvalue weighted by molar-refractivity contribution is 6.54. The van der Waals surface area contributed by atoms with E-state index in [1.165, 1.54) is 22.3 Å². The van der Waals surface area contributed by atoms with E-state index in [-0.39, 0.29) is 0 Å². The summed E-state index contributed by atoms with van der Waals surface area (Å²) in [6.45, 7) is 4.57. The molecule has 0 unspecified atom stereocenters. The standard InChI is InChI=1S/C15H17BN3O/c1-16-13-5-3-4-12-14-10(6-18(2)15(12)13)7-19(17-14)11-8-20-9-11/h3-5,7,11H,6,8-9H2,1-2H3. The van der Waals surface area contributed by atoms with Crippen molar-refractivity contribution in [1.82, 2.24) is 9.78 Å². The molecule has 1 saturated heterocycles. The second-order valence-corrected chi connectivity index (χ2v) is 5.56. The molecular weight excluding hydrogens is 249 g/mol. The van der Waals surface area contributed by atoms with Crippen molar-refractivity contribution in [3.05, 3.63) is 30.0 Å². The summed E-state index contributed by atoms with van der Waals surface area (Å²) >= 11 is 0. The number of aromatic nitrogens is 2. The fourth-order valence-electron chi connectivity index (χ4n) is 3.08. The van der Waals surface area contributed by atoms with Crippen LogP contribution in [0.25, 0.3) is 11.3 Å². The summed E-state index contributed by atoms with van der Waals surface area (Å²) in [4.78, 5) is 2.32. The van der Waals surface area contributed by atoms with Gasteiger partial charge in [0.1, 0.15) is 0 Å². The summed E-state index contributed by atoms with van der Waals surface area (Å²) < 4.78 is 7.35. The Balaban J connectivity index is 1.86. The zero-order valence-corrected chi connectivity index (χ0v) is 11.8. The molecule has 101 valence electrons. The van der Waals surface area contributed by atoms with Crippen LogP contribution < -0.4 is 10.4 Å². The van der Waals surface area contributed by atoms with Gasteiger partial charge in [-0.3, -0.25) is 4.68 Å². The molecule has 1 aromatic carbocycles. The number of fused-ring (bicyclic) bond motifs is 3. The molecule has 0 amide bonds. The zero-order chi connectivity index (χ0) is 13.7. The summed E-state index contributed by atoms with van der Waals surface area (Å²) in [5, 5.41) is 4.82. The number of nitrogens with zero attached hydrogens (tertiary/aromatic N) is 3. The second kappa shape index (κ2) is 4.38. The minimum Gasteiger partial charge on any atom is -0.377 e. The van der Waals surface area contributed by atoms with Crippen molar-refractivity contribution in [1.29, 1.82) is 0 Å². The molecular formula is C15H17BN3O. The fraction of sp³-hybridized carbons (Fsp3) is 0.400. The van der Waals surface area contributed by atoms with E-state index >= 15 is 0 Å². The molecule has 1 radical (unpaired) electrons. The molecule has 0 saturated carbocycles. The minimum absolute atomic E-state index is 0.412. The summed E-state index contributed by atoms with van der Waals surface area (Å²) in [6, 6.07) is 6.86. The number of ether oxygens (including phenoxy) is 1. The van der Waals surface area contributed by atoms with Crippen molar-refractivity contribution in [2.45, 2.75) is 19.4 Å². The Morgan fingerprint density at radius 3 is 2.90 bits per heavy atom. The Bertz CT molecular complexity index is 663. The van der Waals surface area contributed by atoms with E-state index in [9.17, 15) is 0 Å². The highest BCUT2D eigenvalue weighted by Gasteiger charge is 2.28. The average Bonchev–Trinajstić information content (AvgIpc) is 2.79. The molecule has 3 heterocycles. The zero-order valence-electron chi connectivity index (χ0n) is 11.8. The maximum absolute atomic E-state index is 5.27. The van der Waals surface area contributed by atoms with Gasteiger partial charge in [-0.1, -0.05) is 30.5 Å². The molecule has 20 heavy (non-hydrogen) atoms. The first kappa shape index (κ1) is 12.0. The molecule has 2 aliphatic rings. The maximum atomic E-state index is 5.27. The first-order chi connectivity index (χ1) is 9.78. The van der Waals surface area contributed by atoms with Crippen molar-refractivity contribution in [3.8, 4) is 11.3 Å². The molecule has 4 nitrogen and oxygen atoms in total. The summed E-state index contributed by atoms with van der Waals surface area (Å²) in [7, 11) is 4.32. The van der Waals surface area contributed by atoms with Crippen LogP contribution in [0.15, 0.2) is 24.4 Å². The lowest BCUT2D eigenvalue weighted by molar-refractivity contribution is -0.0285.